The van der Waals surface area contributed by atoms with Crippen LogP contribution in [0.2, 0.25) is 0 Å². The molecule has 28 heavy (non-hydrogen) atoms. The molecular formula is C23H20N2O2S. The highest BCUT2D eigenvalue weighted by Crippen LogP contribution is 2.27. The summed E-state index contributed by atoms with van der Waals surface area (Å²) in [4.78, 5) is 0. The number of aromatic nitrogens is 2. The van der Waals surface area contributed by atoms with Crippen molar-refractivity contribution in [2.75, 3.05) is 0 Å². The van der Waals surface area contributed by atoms with Crippen LogP contribution in [0.25, 0.3) is 5.69 Å². The number of rotatable bonds is 5. The van der Waals surface area contributed by atoms with Crippen LogP contribution < -0.4 is 4.74 Å². The number of nitrogens with zero attached hydrogens (tertiary/aromatic N) is 2. The van der Waals surface area contributed by atoms with Crippen molar-refractivity contribution in [3.05, 3.63) is 101 Å². The average Bonchev–Trinajstić information content (AvgIpc) is 2.94. The lowest BCUT2D eigenvalue weighted by atomic mass is 10.2. The average molecular weight is 388 g/mol. The lowest BCUT2D eigenvalue weighted by molar-refractivity contribution is 0.420. The standard InChI is InChI=1S/C23H20N2O2S/c1-17-22(26)24(16-18-8-4-2-5-9-18)23(28)25(17)19-12-14-21(15-13-19)27-20-10-6-3-7-11-20/h2-15,26H,16H2,1H3. The molecule has 0 atom stereocenters. The first-order chi connectivity index (χ1) is 13.6. The second-order valence-corrected chi connectivity index (χ2v) is 6.87. The monoisotopic (exact) mass is 388 g/mol. The van der Waals surface area contributed by atoms with Crippen molar-refractivity contribution in [1.82, 2.24) is 9.13 Å². The molecule has 5 heteroatoms. The van der Waals surface area contributed by atoms with Gasteiger partial charge in [-0.3, -0.25) is 9.13 Å². The fourth-order valence-electron chi connectivity index (χ4n) is 3.15. The third-order valence-electron chi connectivity index (χ3n) is 4.59. The van der Waals surface area contributed by atoms with Crippen molar-refractivity contribution in [3.63, 3.8) is 0 Å². The van der Waals surface area contributed by atoms with Gasteiger partial charge in [-0.05, 0) is 61.1 Å². The van der Waals surface area contributed by atoms with E-state index < -0.39 is 0 Å². The van der Waals surface area contributed by atoms with E-state index in [4.69, 9.17) is 17.0 Å². The van der Waals surface area contributed by atoms with Gasteiger partial charge in [-0.25, -0.2) is 0 Å². The van der Waals surface area contributed by atoms with Gasteiger partial charge >= 0.3 is 0 Å². The molecule has 0 unspecified atom stereocenters. The molecule has 0 amide bonds. The highest BCUT2D eigenvalue weighted by Gasteiger charge is 2.15. The van der Waals surface area contributed by atoms with E-state index >= 15 is 0 Å². The molecule has 0 spiro atoms. The van der Waals surface area contributed by atoms with E-state index in [-0.39, 0.29) is 5.88 Å². The van der Waals surface area contributed by atoms with Gasteiger partial charge in [0.15, 0.2) is 4.77 Å². The van der Waals surface area contributed by atoms with Gasteiger partial charge in [0.1, 0.15) is 11.5 Å². The van der Waals surface area contributed by atoms with Crippen LogP contribution in [0.1, 0.15) is 11.3 Å². The lowest BCUT2D eigenvalue weighted by Gasteiger charge is -2.08. The predicted octanol–water partition coefficient (Wildman–Crippen LogP) is 5.86. The van der Waals surface area contributed by atoms with E-state index in [0.29, 0.717) is 17.0 Å². The zero-order valence-electron chi connectivity index (χ0n) is 15.4. The first kappa shape index (κ1) is 18.1. The SMILES string of the molecule is Cc1c(O)n(Cc2ccccc2)c(=S)n1-c1ccc(Oc2ccccc2)cc1. The molecular weight excluding hydrogens is 368 g/mol. The third kappa shape index (κ3) is 3.57. The predicted molar refractivity (Wildman–Crippen MR) is 113 cm³/mol. The Hall–Kier alpha value is -3.31. The number of para-hydroxylation sites is 1. The number of ether oxygens (including phenoxy) is 1. The molecule has 0 aliphatic carbocycles. The van der Waals surface area contributed by atoms with Crippen LogP contribution in [-0.4, -0.2) is 14.2 Å². The summed E-state index contributed by atoms with van der Waals surface area (Å²) >= 11 is 5.65. The molecule has 4 rings (SSSR count). The van der Waals surface area contributed by atoms with E-state index in [9.17, 15) is 5.11 Å². The second kappa shape index (κ2) is 7.74. The van der Waals surface area contributed by atoms with Gasteiger partial charge in [-0.2, -0.15) is 0 Å². The first-order valence-electron chi connectivity index (χ1n) is 9.02. The smallest absolute Gasteiger partial charge is 0.213 e. The molecule has 140 valence electrons. The van der Waals surface area contributed by atoms with E-state index in [2.05, 4.69) is 0 Å². The summed E-state index contributed by atoms with van der Waals surface area (Å²) in [6.45, 7) is 2.38. The number of benzene rings is 3. The van der Waals surface area contributed by atoms with Crippen LogP contribution in [0.5, 0.6) is 17.4 Å². The summed E-state index contributed by atoms with van der Waals surface area (Å²) in [6.07, 6.45) is 0. The maximum absolute atomic E-state index is 10.6. The number of hydrogen-bond acceptors (Lipinski definition) is 3. The summed E-state index contributed by atoms with van der Waals surface area (Å²) in [5, 5.41) is 10.6. The molecule has 3 aromatic carbocycles. The second-order valence-electron chi connectivity index (χ2n) is 6.51. The minimum absolute atomic E-state index is 0.179. The molecule has 1 heterocycles. The van der Waals surface area contributed by atoms with Crippen molar-refractivity contribution in [3.8, 4) is 23.1 Å². The minimum Gasteiger partial charge on any atom is -0.493 e. The van der Waals surface area contributed by atoms with Gasteiger partial charge in [-0.15, -0.1) is 0 Å². The molecule has 0 saturated carbocycles. The maximum atomic E-state index is 10.6. The Balaban J connectivity index is 1.64. The van der Waals surface area contributed by atoms with Crippen LogP contribution in [0.15, 0.2) is 84.9 Å². The Kier molecular flexibility index (Phi) is 5.00. The molecule has 0 saturated heterocycles. The van der Waals surface area contributed by atoms with E-state index in [1.807, 2.05) is 96.4 Å². The molecule has 1 N–H and O–H groups in total. The quantitative estimate of drug-likeness (QED) is 0.435. The number of hydrogen-bond donors (Lipinski definition) is 1. The zero-order valence-corrected chi connectivity index (χ0v) is 16.3. The zero-order chi connectivity index (χ0) is 19.5. The fourth-order valence-corrected chi connectivity index (χ4v) is 3.54. The largest absolute Gasteiger partial charge is 0.493 e. The van der Waals surface area contributed by atoms with Crippen LogP contribution in [0.3, 0.4) is 0 Å². The van der Waals surface area contributed by atoms with Crippen LogP contribution in [-0.2, 0) is 6.54 Å². The molecule has 4 aromatic rings. The van der Waals surface area contributed by atoms with Crippen molar-refractivity contribution in [2.45, 2.75) is 13.5 Å². The number of aromatic hydroxyl groups is 1. The van der Waals surface area contributed by atoms with Gasteiger partial charge in [-0.1, -0.05) is 48.5 Å². The third-order valence-corrected chi connectivity index (χ3v) is 5.00. The summed E-state index contributed by atoms with van der Waals surface area (Å²) in [5.74, 6) is 1.71. The summed E-state index contributed by atoms with van der Waals surface area (Å²) in [7, 11) is 0. The Bertz CT molecular complexity index is 1130. The van der Waals surface area contributed by atoms with Crippen LogP contribution in [0, 0.1) is 11.7 Å². The Morgan fingerprint density at radius 3 is 2.04 bits per heavy atom. The summed E-state index contributed by atoms with van der Waals surface area (Å²) in [5.41, 5.74) is 2.67. The Morgan fingerprint density at radius 1 is 0.821 bits per heavy atom. The van der Waals surface area contributed by atoms with Crippen molar-refractivity contribution >= 4 is 12.2 Å². The van der Waals surface area contributed by atoms with Gasteiger partial charge in [0.05, 0.1) is 12.2 Å². The van der Waals surface area contributed by atoms with Crippen molar-refractivity contribution in [1.29, 1.82) is 0 Å². The normalized spacial score (nSPS) is 10.8. The summed E-state index contributed by atoms with van der Waals surface area (Å²) < 4.78 is 10.0. The molecule has 0 radical (unpaired) electrons. The molecule has 0 fully saturated rings. The van der Waals surface area contributed by atoms with E-state index in [1.165, 1.54) is 0 Å². The van der Waals surface area contributed by atoms with Crippen molar-refractivity contribution < 1.29 is 9.84 Å². The Labute approximate surface area is 168 Å². The van der Waals surface area contributed by atoms with Gasteiger partial charge < -0.3 is 9.84 Å². The van der Waals surface area contributed by atoms with Crippen LogP contribution in [0.4, 0.5) is 0 Å². The molecule has 0 bridgehead atoms. The number of imidazole rings is 1. The van der Waals surface area contributed by atoms with Gasteiger partial charge in [0, 0.05) is 5.69 Å². The lowest BCUT2D eigenvalue weighted by Crippen LogP contribution is -2.01. The van der Waals surface area contributed by atoms with Crippen molar-refractivity contribution in [2.24, 2.45) is 0 Å². The summed E-state index contributed by atoms with van der Waals surface area (Å²) in [6, 6.07) is 27.3. The van der Waals surface area contributed by atoms with Gasteiger partial charge in [0.2, 0.25) is 5.88 Å². The first-order valence-corrected chi connectivity index (χ1v) is 9.42. The molecule has 0 aliphatic heterocycles. The van der Waals surface area contributed by atoms with E-state index in [0.717, 1.165) is 22.7 Å². The van der Waals surface area contributed by atoms with Crippen LogP contribution >= 0.6 is 12.2 Å². The molecule has 4 nitrogen and oxygen atoms in total. The maximum Gasteiger partial charge on any atom is 0.213 e. The highest BCUT2D eigenvalue weighted by atomic mass is 32.1. The highest BCUT2D eigenvalue weighted by molar-refractivity contribution is 7.71. The topological polar surface area (TPSA) is 39.3 Å². The van der Waals surface area contributed by atoms with E-state index in [1.54, 1.807) is 4.57 Å². The van der Waals surface area contributed by atoms with Gasteiger partial charge in [0.25, 0.3) is 0 Å². The minimum atomic E-state index is 0.179. The Morgan fingerprint density at radius 2 is 1.39 bits per heavy atom. The molecule has 1 aromatic heterocycles. The molecule has 0 aliphatic rings. The fraction of sp³-hybridized carbons (Fsp3) is 0.0870.